The lowest BCUT2D eigenvalue weighted by molar-refractivity contribution is -0.145. The summed E-state index contributed by atoms with van der Waals surface area (Å²) in [6.07, 6.45) is 0.840. The van der Waals surface area contributed by atoms with Crippen molar-refractivity contribution in [3.63, 3.8) is 0 Å². The maximum Gasteiger partial charge on any atom is 0.329 e. The third kappa shape index (κ3) is 3.56. The van der Waals surface area contributed by atoms with Crippen LogP contribution in [0.4, 0.5) is 0 Å². The number of ether oxygens (including phenoxy) is 1. The Morgan fingerprint density at radius 1 is 1.25 bits per heavy atom. The first-order chi connectivity index (χ1) is 9.50. The molecule has 1 aliphatic rings. The molecule has 1 saturated heterocycles. The van der Waals surface area contributed by atoms with E-state index in [2.05, 4.69) is 0 Å². The van der Waals surface area contributed by atoms with E-state index in [1.807, 2.05) is 0 Å². The number of aliphatic carboxylic acids is 1. The van der Waals surface area contributed by atoms with Crippen LogP contribution < -0.4 is 0 Å². The summed E-state index contributed by atoms with van der Waals surface area (Å²) in [6.45, 7) is 0.360. The van der Waals surface area contributed by atoms with Crippen LogP contribution in [0.2, 0.25) is 0 Å². The van der Waals surface area contributed by atoms with Gasteiger partial charge in [0.15, 0.2) is 0 Å². The van der Waals surface area contributed by atoms with Gasteiger partial charge in [0, 0.05) is 13.1 Å². The van der Waals surface area contributed by atoms with Gasteiger partial charge in [0.05, 0.1) is 11.0 Å². The lowest BCUT2D eigenvalue weighted by Gasteiger charge is -2.30. The highest BCUT2D eigenvalue weighted by molar-refractivity contribution is 7.89. The molecule has 1 N–H and O–H groups in total. The van der Waals surface area contributed by atoms with Crippen LogP contribution in [0.3, 0.4) is 0 Å². The molecule has 0 unspecified atom stereocenters. The van der Waals surface area contributed by atoms with Gasteiger partial charge < -0.3 is 9.84 Å². The van der Waals surface area contributed by atoms with Crippen LogP contribution in [0.5, 0.6) is 0 Å². The molecule has 6 nitrogen and oxygen atoms in total. The van der Waals surface area contributed by atoms with Crippen LogP contribution in [0.1, 0.15) is 12.8 Å². The molecule has 110 valence electrons. The Hall–Kier alpha value is -1.44. The molecule has 1 aromatic rings. The van der Waals surface area contributed by atoms with Gasteiger partial charge in [-0.3, -0.25) is 0 Å². The molecule has 1 aliphatic heterocycles. The summed E-state index contributed by atoms with van der Waals surface area (Å²) in [5.41, 5.74) is 0. The lowest BCUT2D eigenvalue weighted by atomic mass is 10.1. The average molecular weight is 299 g/mol. The summed E-state index contributed by atoms with van der Waals surface area (Å²) in [6, 6.07) is 8.29. The second-order valence-corrected chi connectivity index (χ2v) is 6.56. The van der Waals surface area contributed by atoms with E-state index in [1.54, 1.807) is 30.3 Å². The maximum atomic E-state index is 12.4. The first-order valence-corrected chi connectivity index (χ1v) is 7.83. The number of carbonyl (C=O) groups is 1. The summed E-state index contributed by atoms with van der Waals surface area (Å²) < 4.78 is 31.3. The van der Waals surface area contributed by atoms with Crippen LogP contribution in [-0.4, -0.2) is 49.6 Å². The third-order valence-electron chi connectivity index (χ3n) is 3.22. The van der Waals surface area contributed by atoms with Crippen LogP contribution in [0, 0.1) is 0 Å². The van der Waals surface area contributed by atoms with Crippen molar-refractivity contribution in [1.29, 1.82) is 0 Å². The fourth-order valence-electron chi connectivity index (χ4n) is 2.17. The van der Waals surface area contributed by atoms with E-state index in [4.69, 9.17) is 9.84 Å². The van der Waals surface area contributed by atoms with E-state index in [0.29, 0.717) is 25.9 Å². The number of hydrogen-bond donors (Lipinski definition) is 1. The number of rotatable bonds is 5. The lowest BCUT2D eigenvalue weighted by Crippen LogP contribution is -2.41. The minimum atomic E-state index is -3.46. The zero-order valence-corrected chi connectivity index (χ0v) is 11.8. The monoisotopic (exact) mass is 299 g/mol. The number of nitrogens with zero attached hydrogens (tertiary/aromatic N) is 1. The Morgan fingerprint density at radius 3 is 2.40 bits per heavy atom. The second-order valence-electron chi connectivity index (χ2n) is 4.62. The van der Waals surface area contributed by atoms with Gasteiger partial charge in [0.1, 0.15) is 6.61 Å². The molecule has 0 aromatic heterocycles. The standard InChI is InChI=1S/C13H17NO5S/c15-13(16)10-19-11-6-8-14(9-7-11)20(17,18)12-4-2-1-3-5-12/h1-5,11H,6-10H2,(H,15,16). The molecule has 1 heterocycles. The molecule has 1 aromatic carbocycles. The molecule has 7 heteroatoms. The smallest absolute Gasteiger partial charge is 0.329 e. The Labute approximate surface area is 118 Å². The fraction of sp³-hybridized carbons (Fsp3) is 0.462. The average Bonchev–Trinajstić information content (AvgIpc) is 2.46. The van der Waals surface area contributed by atoms with E-state index < -0.39 is 16.0 Å². The minimum absolute atomic E-state index is 0.187. The van der Waals surface area contributed by atoms with Crippen molar-refractivity contribution in [2.45, 2.75) is 23.8 Å². The van der Waals surface area contributed by atoms with Crippen LogP contribution in [-0.2, 0) is 19.6 Å². The van der Waals surface area contributed by atoms with Crippen molar-refractivity contribution in [2.75, 3.05) is 19.7 Å². The van der Waals surface area contributed by atoms with Crippen molar-refractivity contribution in [1.82, 2.24) is 4.31 Å². The third-order valence-corrected chi connectivity index (χ3v) is 5.14. The number of carboxylic acid groups (broad SMARTS) is 1. The molecule has 0 bridgehead atoms. The summed E-state index contributed by atoms with van der Waals surface area (Å²) in [7, 11) is -3.46. The predicted octanol–water partition coefficient (Wildman–Crippen LogP) is 0.941. The molecule has 0 spiro atoms. The number of piperidine rings is 1. The van der Waals surface area contributed by atoms with E-state index in [1.165, 1.54) is 4.31 Å². The molecule has 0 radical (unpaired) electrons. The molecule has 1 fully saturated rings. The fourth-order valence-corrected chi connectivity index (χ4v) is 3.66. The number of benzene rings is 1. The minimum Gasteiger partial charge on any atom is -0.480 e. The highest BCUT2D eigenvalue weighted by atomic mass is 32.2. The molecule has 0 amide bonds. The SMILES string of the molecule is O=C(O)COC1CCN(S(=O)(=O)c2ccccc2)CC1. The Bertz CT molecular complexity index is 549. The molecule has 0 aliphatic carbocycles. The van der Waals surface area contributed by atoms with E-state index in [0.717, 1.165) is 0 Å². The molecular formula is C13H17NO5S. The van der Waals surface area contributed by atoms with Crippen LogP contribution in [0.25, 0.3) is 0 Å². The number of sulfonamides is 1. The van der Waals surface area contributed by atoms with Crippen LogP contribution >= 0.6 is 0 Å². The van der Waals surface area contributed by atoms with E-state index in [-0.39, 0.29) is 17.6 Å². The van der Waals surface area contributed by atoms with Crippen molar-refractivity contribution >= 4 is 16.0 Å². The van der Waals surface area contributed by atoms with Crippen molar-refractivity contribution in [2.24, 2.45) is 0 Å². The summed E-state index contributed by atoms with van der Waals surface area (Å²) in [5.74, 6) is -1.01. The zero-order valence-electron chi connectivity index (χ0n) is 10.9. The van der Waals surface area contributed by atoms with Gasteiger partial charge in [0.25, 0.3) is 0 Å². The first kappa shape index (κ1) is 15.0. The molecule has 0 saturated carbocycles. The first-order valence-electron chi connectivity index (χ1n) is 6.39. The van der Waals surface area contributed by atoms with Gasteiger partial charge in [-0.15, -0.1) is 0 Å². The molecule has 0 atom stereocenters. The van der Waals surface area contributed by atoms with Gasteiger partial charge in [0.2, 0.25) is 10.0 Å². The predicted molar refractivity (Wildman–Crippen MR) is 71.8 cm³/mol. The van der Waals surface area contributed by atoms with Gasteiger partial charge in [-0.25, -0.2) is 13.2 Å². The molecular weight excluding hydrogens is 282 g/mol. The number of carboxylic acids is 1. The van der Waals surface area contributed by atoms with E-state index in [9.17, 15) is 13.2 Å². The number of hydrogen-bond acceptors (Lipinski definition) is 4. The highest BCUT2D eigenvalue weighted by Crippen LogP contribution is 2.21. The largest absolute Gasteiger partial charge is 0.480 e. The van der Waals surface area contributed by atoms with Crippen LogP contribution in [0.15, 0.2) is 35.2 Å². The van der Waals surface area contributed by atoms with Gasteiger partial charge in [-0.05, 0) is 25.0 Å². The Morgan fingerprint density at radius 2 is 1.85 bits per heavy atom. The van der Waals surface area contributed by atoms with Gasteiger partial charge in [-0.2, -0.15) is 4.31 Å². The Balaban J connectivity index is 1.95. The summed E-state index contributed by atoms with van der Waals surface area (Å²) in [4.78, 5) is 10.7. The van der Waals surface area contributed by atoms with Gasteiger partial charge >= 0.3 is 5.97 Å². The quantitative estimate of drug-likeness (QED) is 0.875. The molecule has 2 rings (SSSR count). The second kappa shape index (κ2) is 6.34. The Kier molecular flexibility index (Phi) is 4.74. The molecule has 20 heavy (non-hydrogen) atoms. The highest BCUT2D eigenvalue weighted by Gasteiger charge is 2.29. The topological polar surface area (TPSA) is 83.9 Å². The maximum absolute atomic E-state index is 12.4. The normalized spacial score (nSPS) is 18.0. The van der Waals surface area contributed by atoms with Gasteiger partial charge in [-0.1, -0.05) is 18.2 Å². The van der Waals surface area contributed by atoms with E-state index >= 15 is 0 Å². The summed E-state index contributed by atoms with van der Waals surface area (Å²) in [5, 5.41) is 8.54. The zero-order chi connectivity index (χ0) is 14.6. The summed E-state index contributed by atoms with van der Waals surface area (Å²) >= 11 is 0. The van der Waals surface area contributed by atoms with Crippen molar-refractivity contribution < 1.29 is 23.1 Å². The van der Waals surface area contributed by atoms with Crippen molar-refractivity contribution in [3.05, 3.63) is 30.3 Å². The van der Waals surface area contributed by atoms with Crippen molar-refractivity contribution in [3.8, 4) is 0 Å².